The van der Waals surface area contributed by atoms with Gasteiger partial charge in [0.2, 0.25) is 23.6 Å². The van der Waals surface area contributed by atoms with Crippen LogP contribution in [0.4, 0.5) is 10.5 Å². The molecular weight excluding hydrogens is 682 g/mol. The van der Waals surface area contributed by atoms with E-state index in [0.29, 0.717) is 17.7 Å². The van der Waals surface area contributed by atoms with Gasteiger partial charge in [-0.3, -0.25) is 38.5 Å². The maximum atomic E-state index is 13.3. The number of amides is 8. The van der Waals surface area contributed by atoms with E-state index in [1.807, 2.05) is 0 Å². The number of carbonyl (C=O) groups excluding carboxylic acids is 8. The number of nitrogens with two attached hydrogens (primary N) is 1. The summed E-state index contributed by atoms with van der Waals surface area (Å²) in [5, 5.41) is 13.2. The molecule has 0 aromatic heterocycles. The lowest BCUT2D eigenvalue weighted by Crippen LogP contribution is -2.54. The maximum Gasteiger partial charge on any atom is 0.312 e. The van der Waals surface area contributed by atoms with Crippen molar-refractivity contribution in [2.24, 2.45) is 11.7 Å². The fraction of sp³-hybridized carbons (Fsp3) is 0.529. The Bertz CT molecular complexity index is 1410. The minimum absolute atomic E-state index is 0.00491. The molecule has 18 heteroatoms. The zero-order valence-corrected chi connectivity index (χ0v) is 29.7. The molecule has 0 bridgehead atoms. The van der Waals surface area contributed by atoms with Gasteiger partial charge in [-0.25, -0.2) is 4.79 Å². The van der Waals surface area contributed by atoms with Crippen LogP contribution in [0.15, 0.2) is 36.4 Å². The van der Waals surface area contributed by atoms with Crippen molar-refractivity contribution in [2.75, 3.05) is 51.4 Å². The number of ether oxygens (including phenoxy) is 3. The van der Waals surface area contributed by atoms with Gasteiger partial charge in [0.25, 0.3) is 11.8 Å². The molecule has 52 heavy (non-hydrogen) atoms. The number of urea groups is 1. The highest BCUT2D eigenvalue weighted by molar-refractivity contribution is 6.13. The second-order valence-corrected chi connectivity index (χ2v) is 12.0. The molecule has 0 radical (unpaired) electrons. The average Bonchev–Trinajstić information content (AvgIpc) is 3.41. The molecule has 1 unspecified atom stereocenters. The summed E-state index contributed by atoms with van der Waals surface area (Å²) in [6.45, 7) is 5.91. The van der Waals surface area contributed by atoms with Crippen LogP contribution in [0.2, 0.25) is 0 Å². The van der Waals surface area contributed by atoms with Gasteiger partial charge in [-0.05, 0) is 36.5 Å². The average molecular weight is 732 g/mol. The third-order valence-corrected chi connectivity index (χ3v) is 7.41. The molecular formula is C34H49N7O11. The Morgan fingerprint density at radius 3 is 2.06 bits per heavy atom. The summed E-state index contributed by atoms with van der Waals surface area (Å²) >= 11 is 0. The summed E-state index contributed by atoms with van der Waals surface area (Å²) in [5.41, 5.74) is 6.28. The van der Waals surface area contributed by atoms with E-state index >= 15 is 0 Å². The summed E-state index contributed by atoms with van der Waals surface area (Å²) < 4.78 is 15.8. The second kappa shape index (κ2) is 23.2. The van der Waals surface area contributed by atoms with Crippen LogP contribution >= 0.6 is 0 Å². The van der Waals surface area contributed by atoms with Crippen LogP contribution in [0, 0.1) is 5.92 Å². The monoisotopic (exact) mass is 731 g/mol. The van der Waals surface area contributed by atoms with Gasteiger partial charge in [-0.1, -0.05) is 26.0 Å². The van der Waals surface area contributed by atoms with E-state index in [-0.39, 0.29) is 83.8 Å². The molecule has 8 amide bonds. The van der Waals surface area contributed by atoms with Crippen molar-refractivity contribution < 1.29 is 52.6 Å². The van der Waals surface area contributed by atoms with Gasteiger partial charge in [0.05, 0.1) is 26.4 Å². The number of anilines is 1. The molecule has 0 aliphatic carbocycles. The Kier molecular flexibility index (Phi) is 19.1. The van der Waals surface area contributed by atoms with E-state index in [4.69, 9.17) is 19.9 Å². The number of nitrogens with one attached hydrogen (secondary N) is 5. The highest BCUT2D eigenvalue weighted by Crippen LogP contribution is 2.13. The van der Waals surface area contributed by atoms with Gasteiger partial charge < -0.3 is 46.5 Å². The molecule has 0 fully saturated rings. The highest BCUT2D eigenvalue weighted by atomic mass is 16.5. The number of imide groups is 1. The van der Waals surface area contributed by atoms with Crippen molar-refractivity contribution in [3.05, 3.63) is 42.0 Å². The smallest absolute Gasteiger partial charge is 0.312 e. The minimum atomic E-state index is -1.01. The quantitative estimate of drug-likeness (QED) is 0.0454. The second-order valence-electron chi connectivity index (χ2n) is 12.0. The van der Waals surface area contributed by atoms with Crippen LogP contribution in [0.1, 0.15) is 52.0 Å². The Balaban J connectivity index is 1.74. The zero-order chi connectivity index (χ0) is 38.5. The molecule has 2 atom stereocenters. The third kappa shape index (κ3) is 17.0. The number of esters is 1. The zero-order valence-electron chi connectivity index (χ0n) is 29.7. The molecule has 1 aromatic carbocycles. The summed E-state index contributed by atoms with van der Waals surface area (Å²) in [6, 6.07) is 3.93. The standard InChI is InChI=1S/C34H49N7O11/c1-22(2)31(40-28(44)13-17-50-19-20-51-18-15-36-27(43)12-16-41-29(45)10-11-30(41)46)33(48)39-26(5-4-14-37-34(35)49)32(47)38-25-8-6-24(7-9-25)21-52-23(3)42/h6-11,22,26,31H,4-5,12-21H2,1-3H3,(H,36,43)(H,38,47)(H,39,48)(H,40,44)(H3,35,37,49)/t26-,31?/m0/s1. The van der Waals surface area contributed by atoms with Gasteiger partial charge in [-0.15, -0.1) is 0 Å². The molecule has 1 aliphatic heterocycles. The Morgan fingerprint density at radius 2 is 1.44 bits per heavy atom. The first-order chi connectivity index (χ1) is 24.8. The normalized spacial score (nSPS) is 13.3. The lowest BCUT2D eigenvalue weighted by molar-refractivity contribution is -0.142. The van der Waals surface area contributed by atoms with Crippen LogP contribution < -0.4 is 32.3 Å². The van der Waals surface area contributed by atoms with Crippen LogP contribution in [0.25, 0.3) is 0 Å². The predicted molar refractivity (Wildman–Crippen MR) is 186 cm³/mol. The van der Waals surface area contributed by atoms with Crippen LogP contribution in [-0.2, 0) is 54.4 Å². The summed E-state index contributed by atoms with van der Waals surface area (Å²) in [7, 11) is 0. The van der Waals surface area contributed by atoms with E-state index in [0.717, 1.165) is 17.1 Å². The summed E-state index contributed by atoms with van der Waals surface area (Å²) in [4.78, 5) is 97.3. The Hall–Kier alpha value is -5.36. The molecule has 2 rings (SSSR count). The fourth-order valence-corrected chi connectivity index (χ4v) is 4.63. The molecule has 0 spiro atoms. The number of carbonyl (C=O) groups is 8. The number of nitrogens with zero attached hydrogens (tertiary/aromatic N) is 1. The van der Waals surface area contributed by atoms with Crippen molar-refractivity contribution in [1.82, 2.24) is 26.2 Å². The molecule has 1 aromatic rings. The molecule has 0 saturated carbocycles. The first-order valence-corrected chi connectivity index (χ1v) is 16.9. The Morgan fingerprint density at radius 1 is 0.788 bits per heavy atom. The summed E-state index contributed by atoms with van der Waals surface area (Å²) in [6.07, 6.45) is 2.73. The number of primary amides is 1. The lowest BCUT2D eigenvalue weighted by Gasteiger charge is -2.25. The van der Waals surface area contributed by atoms with E-state index in [2.05, 4.69) is 26.6 Å². The summed E-state index contributed by atoms with van der Waals surface area (Å²) in [5.74, 6) is -3.49. The van der Waals surface area contributed by atoms with Gasteiger partial charge in [0.1, 0.15) is 18.7 Å². The van der Waals surface area contributed by atoms with Crippen LogP contribution in [0.3, 0.4) is 0 Å². The van der Waals surface area contributed by atoms with E-state index in [9.17, 15) is 38.4 Å². The largest absolute Gasteiger partial charge is 0.461 e. The highest BCUT2D eigenvalue weighted by Gasteiger charge is 2.29. The van der Waals surface area contributed by atoms with Gasteiger partial charge >= 0.3 is 12.0 Å². The lowest BCUT2D eigenvalue weighted by atomic mass is 10.0. The van der Waals surface area contributed by atoms with Crippen LogP contribution in [-0.4, -0.2) is 110 Å². The topological polar surface area (TPSA) is 254 Å². The van der Waals surface area contributed by atoms with E-state index < -0.39 is 53.6 Å². The van der Waals surface area contributed by atoms with Crippen molar-refractivity contribution in [3.63, 3.8) is 0 Å². The van der Waals surface area contributed by atoms with Crippen molar-refractivity contribution in [1.29, 1.82) is 0 Å². The molecule has 18 nitrogen and oxygen atoms in total. The Labute approximate surface area is 301 Å². The van der Waals surface area contributed by atoms with Gasteiger partial charge in [0.15, 0.2) is 0 Å². The number of hydrogen-bond donors (Lipinski definition) is 6. The minimum Gasteiger partial charge on any atom is -0.461 e. The number of hydrogen-bond acceptors (Lipinski definition) is 11. The third-order valence-electron chi connectivity index (χ3n) is 7.41. The van der Waals surface area contributed by atoms with Gasteiger partial charge in [0, 0.05) is 57.2 Å². The SMILES string of the molecule is CC(=O)OCc1ccc(NC(=O)[C@H](CCCNC(N)=O)NC(=O)C(NC(=O)CCOCCOCCNC(=O)CCN2C(=O)C=CC2=O)C(C)C)cc1. The number of rotatable bonds is 24. The van der Waals surface area contributed by atoms with E-state index in [1.54, 1.807) is 38.1 Å². The molecule has 0 saturated heterocycles. The van der Waals surface area contributed by atoms with Gasteiger partial charge in [-0.2, -0.15) is 0 Å². The first-order valence-electron chi connectivity index (χ1n) is 16.9. The van der Waals surface area contributed by atoms with Crippen molar-refractivity contribution >= 4 is 53.1 Å². The molecule has 7 N–H and O–H groups in total. The molecule has 1 aliphatic rings. The maximum absolute atomic E-state index is 13.3. The van der Waals surface area contributed by atoms with Crippen molar-refractivity contribution in [2.45, 2.75) is 65.1 Å². The fourth-order valence-electron chi connectivity index (χ4n) is 4.63. The van der Waals surface area contributed by atoms with E-state index in [1.165, 1.54) is 6.92 Å². The molecule has 1 heterocycles. The molecule has 286 valence electrons. The number of benzene rings is 1. The first kappa shape index (κ1) is 42.8. The van der Waals surface area contributed by atoms with Crippen molar-refractivity contribution in [3.8, 4) is 0 Å². The predicted octanol–water partition coefficient (Wildman–Crippen LogP) is -0.383. The van der Waals surface area contributed by atoms with Crippen LogP contribution in [0.5, 0.6) is 0 Å².